The molecule has 14 saturated heterocycles. The summed E-state index contributed by atoms with van der Waals surface area (Å²) in [6.45, 7) is 16.0. The highest BCUT2D eigenvalue weighted by Gasteiger charge is 2.55. The first-order valence-corrected chi connectivity index (χ1v) is 43.2. The maximum absolute atomic E-state index is 12.2. The average molecular weight is 1820 g/mol. The van der Waals surface area contributed by atoms with Crippen molar-refractivity contribution in [3.8, 4) is 0 Å². The Morgan fingerprint density at radius 3 is 0.766 bits per heavy atom. The molecule has 0 aromatic carbocycles. The highest BCUT2D eigenvalue weighted by atomic mass is 16.7. The van der Waals surface area contributed by atoms with E-state index in [1.807, 2.05) is 20.8 Å². The molecule has 8 N–H and O–H groups in total. The van der Waals surface area contributed by atoms with Crippen molar-refractivity contribution in [3.63, 3.8) is 0 Å². The Morgan fingerprint density at radius 2 is 0.562 bits per heavy atom. The van der Waals surface area contributed by atoms with Gasteiger partial charge in [-0.25, -0.2) is 49.0 Å². The van der Waals surface area contributed by atoms with E-state index in [2.05, 4.69) is 43.0 Å². The van der Waals surface area contributed by atoms with Crippen LogP contribution in [0.15, 0.2) is 0 Å². The number of ketones is 4. The van der Waals surface area contributed by atoms with E-state index in [1.165, 1.54) is 112 Å². The second-order valence-corrected chi connectivity index (χ2v) is 34.6. The Morgan fingerprint density at radius 1 is 0.344 bits per heavy atom. The topological polar surface area (TPSA) is 520 Å². The van der Waals surface area contributed by atoms with E-state index in [1.54, 1.807) is 80.7 Å². The third-order valence-corrected chi connectivity index (χ3v) is 24.4. The number of Topliss-reactive ketones (excluding diaryl/α,β-unsaturated/α-hetero) is 4. The standard InChI is InChI=1S/C14H23N3O4.C13H21N3O4.C12H19N3O4.C11H17N3O4.2C10H18N4O3.C9H16N4O3/c1-14(2,3)11(18)7-15-12(19)10-6-5-9-8-16(10)13(20)17(9)21-4;1-8(2)11(17)6-14-12(18)10-5-4-9-7-15(10)13(19)16(9)20-3;1-3-9(16)6-13-11(17)10-5-4-8-7-14(10)12(18)15(8)19-2;1-7(15)5-12-10(16)9-4-3-8-6-13(9)11(17)14(8)18-2;2*1-12(2)11-9(15)8-5-4-7-6-13(8)10(16)14(7)17-3;1-10-11-8(14)7-4-3-6-5-12(7)9(15)13(6)16-2/h9-10H,5-8H2,1-4H3,(H,15,19);8-10H,4-7H2,1-3H3,(H,14,18);8,10H,3-7H2,1-2H3,(H,13,17);8-9H,3-6H2,1-2H3,(H,12,16);2*7-8H,4-6H2,1-3H3,(H,11,15);6-7,10H,3-5H2,1-2H3,(H,11,14)/t2*9-,10+;8-,10+;8-,9+;2*7-,8+;6-,7+/m1111111/s1. The quantitative estimate of drug-likeness (QED) is 0.0413. The second kappa shape index (κ2) is 46.1. The van der Waals surface area contributed by atoms with Crippen LogP contribution in [-0.4, -0.2) is 428 Å². The zero-order chi connectivity index (χ0) is 94.8. The fourth-order valence-corrected chi connectivity index (χ4v) is 17.6. The predicted octanol–water partition coefficient (Wildman–Crippen LogP) is -1.98. The number of piperidine rings is 7. The normalized spacial score (nSPS) is 26.6. The van der Waals surface area contributed by atoms with E-state index in [0.717, 1.165) is 44.9 Å². The maximum atomic E-state index is 12.2. The van der Waals surface area contributed by atoms with Crippen LogP contribution in [-0.2, 0) is 86.6 Å². The first-order valence-electron chi connectivity index (χ1n) is 43.2. The number of rotatable bonds is 27. The molecule has 49 heteroatoms. The van der Waals surface area contributed by atoms with Gasteiger partial charge >= 0.3 is 42.2 Å². The fourth-order valence-electron chi connectivity index (χ4n) is 17.6. The first kappa shape index (κ1) is 103. The van der Waals surface area contributed by atoms with Gasteiger partial charge in [-0.2, -0.15) is 35.4 Å². The van der Waals surface area contributed by atoms with Crippen LogP contribution in [0.25, 0.3) is 0 Å². The fraction of sp³-hybridized carbons (Fsp3) is 0.772. The molecular formula is C79H132N24O25. The molecule has 718 valence electrons. The number of hydrazine groups is 3. The molecule has 14 fully saturated rings. The minimum atomic E-state index is -0.512. The van der Waals surface area contributed by atoms with Gasteiger partial charge in [0.2, 0.25) is 23.6 Å². The van der Waals surface area contributed by atoms with Gasteiger partial charge in [-0.1, -0.05) is 41.5 Å². The number of carbonyl (C=O) groups excluding carboxylic acids is 18. The summed E-state index contributed by atoms with van der Waals surface area (Å²) in [4.78, 5) is 259. The lowest BCUT2D eigenvalue weighted by atomic mass is 9.91. The number of hydroxylamine groups is 14. The van der Waals surface area contributed by atoms with Crippen LogP contribution in [0.1, 0.15) is 145 Å². The van der Waals surface area contributed by atoms with Crippen molar-refractivity contribution in [1.82, 2.24) is 123 Å². The van der Waals surface area contributed by atoms with Crippen molar-refractivity contribution in [2.75, 3.05) is 157 Å². The van der Waals surface area contributed by atoms with E-state index in [-0.39, 0.29) is 193 Å². The minimum absolute atomic E-state index is 0.00170. The third kappa shape index (κ3) is 24.3. The summed E-state index contributed by atoms with van der Waals surface area (Å²) < 4.78 is 0. The van der Waals surface area contributed by atoms with Gasteiger partial charge in [0.25, 0.3) is 17.7 Å². The van der Waals surface area contributed by atoms with Crippen LogP contribution in [0.3, 0.4) is 0 Å². The SMILES string of the molecule is CCC(=O)CNC(=O)[C@@H]1CC[C@@H]2CN1C(=O)N2OC.CNNC(=O)[C@@H]1CC[C@@H]2CN1C(=O)N2OC.CON1C(=O)N2C[C@H]1CC[C@H]2C(=O)NCC(=O)C(C)(C)C.CON1C(=O)N2C[C@H]1CC[C@H]2C(=O)NCC(=O)C(C)C.CON1C(=O)N2C[C@H]1CC[C@H]2C(=O)NCC(C)=O.CON1C(=O)N2C[C@H]1CC[C@H]2C(=O)NN(C)C.CON1C(=O)N2C[C@H]1CC[C@H]2C(=O)NN(C)C. The number of hydrogen-bond acceptors (Lipinski definition) is 28. The van der Waals surface area contributed by atoms with E-state index >= 15 is 0 Å². The number of fused-ring (bicyclic) bond motifs is 14. The average Bonchev–Trinajstić information content (AvgIpc) is 1.68. The zero-order valence-electron chi connectivity index (χ0n) is 76.9. The number of hydrogen-bond donors (Lipinski definition) is 8. The second-order valence-electron chi connectivity index (χ2n) is 34.6. The molecule has 21 amide bonds. The molecule has 0 aliphatic carbocycles. The molecule has 49 nitrogen and oxygen atoms in total. The highest BCUT2D eigenvalue weighted by molar-refractivity contribution is 5.96. The van der Waals surface area contributed by atoms with Gasteiger partial charge in [-0.15, -0.1) is 0 Å². The van der Waals surface area contributed by atoms with E-state index in [4.69, 9.17) is 33.9 Å². The van der Waals surface area contributed by atoms with Crippen molar-refractivity contribution >= 4 is 107 Å². The van der Waals surface area contributed by atoms with Gasteiger partial charge in [-0.3, -0.25) is 103 Å². The summed E-state index contributed by atoms with van der Waals surface area (Å²) in [6, 6.07) is -4.58. The van der Waals surface area contributed by atoms with Crippen molar-refractivity contribution < 1.29 is 120 Å². The van der Waals surface area contributed by atoms with Crippen LogP contribution in [0.4, 0.5) is 33.6 Å². The lowest BCUT2D eigenvalue weighted by Crippen LogP contribution is -2.52. The minimum Gasteiger partial charge on any atom is -0.347 e. The van der Waals surface area contributed by atoms with E-state index in [9.17, 15) is 86.3 Å². The summed E-state index contributed by atoms with van der Waals surface area (Å²) in [5.74, 6) is -1.79. The number of nitrogens with one attached hydrogen (secondary N) is 8. The van der Waals surface area contributed by atoms with Gasteiger partial charge in [0.15, 0.2) is 17.3 Å². The van der Waals surface area contributed by atoms with Gasteiger partial charge in [0.1, 0.15) is 48.1 Å². The summed E-state index contributed by atoms with van der Waals surface area (Å²) in [6.07, 6.45) is 10.1. The Kier molecular flexibility index (Phi) is 37.1. The lowest BCUT2D eigenvalue weighted by Gasteiger charge is -2.30. The van der Waals surface area contributed by atoms with Crippen molar-refractivity contribution in [2.24, 2.45) is 11.3 Å². The van der Waals surface area contributed by atoms with Crippen LogP contribution in [0, 0.1) is 11.3 Å². The smallest absolute Gasteiger partial charge is 0.345 e. The van der Waals surface area contributed by atoms with Crippen LogP contribution in [0.5, 0.6) is 0 Å². The Bertz CT molecular complexity index is 3970. The largest absolute Gasteiger partial charge is 0.347 e. The van der Waals surface area contributed by atoms with Crippen LogP contribution >= 0.6 is 0 Å². The number of urea groups is 7. The van der Waals surface area contributed by atoms with Crippen LogP contribution < -0.4 is 43.0 Å². The van der Waals surface area contributed by atoms with Gasteiger partial charge < -0.3 is 55.6 Å². The summed E-state index contributed by atoms with van der Waals surface area (Å²) in [5.41, 5.74) is 9.98. The molecule has 0 spiro atoms. The molecule has 128 heavy (non-hydrogen) atoms. The predicted molar refractivity (Wildman–Crippen MR) is 448 cm³/mol. The molecule has 0 radical (unpaired) electrons. The first-order chi connectivity index (χ1) is 60.6. The number of carbonyl (C=O) groups is 18. The highest BCUT2D eigenvalue weighted by Crippen LogP contribution is 2.37. The molecule has 14 atom stereocenters. The maximum Gasteiger partial charge on any atom is 0.345 e. The molecular weight excluding hydrogens is 1690 g/mol. The monoisotopic (exact) mass is 1820 g/mol. The number of amides is 21. The molecule has 14 aliphatic heterocycles. The van der Waals surface area contributed by atoms with Gasteiger partial charge in [0.05, 0.1) is 118 Å². The molecule has 14 aliphatic rings. The van der Waals surface area contributed by atoms with E-state index in [0.29, 0.717) is 97.2 Å². The summed E-state index contributed by atoms with van der Waals surface area (Å²) in [5, 5.41) is 23.0. The molecule has 14 bridgehead atoms. The Labute approximate surface area is 744 Å². The summed E-state index contributed by atoms with van der Waals surface area (Å²) >= 11 is 0. The van der Waals surface area contributed by atoms with Gasteiger partial charge in [0, 0.05) is 98.8 Å². The lowest BCUT2D eigenvalue weighted by molar-refractivity contribution is -0.131. The molecule has 14 rings (SSSR count). The molecule has 0 aromatic rings. The molecule has 0 aromatic heterocycles. The van der Waals surface area contributed by atoms with Crippen molar-refractivity contribution in [3.05, 3.63) is 0 Å². The summed E-state index contributed by atoms with van der Waals surface area (Å²) in [7, 11) is 18.9. The van der Waals surface area contributed by atoms with Crippen LogP contribution in [0.2, 0.25) is 0 Å². The Balaban J connectivity index is 0.000000185. The Hall–Kier alpha value is -10.5. The third-order valence-electron chi connectivity index (χ3n) is 24.4. The van der Waals surface area contributed by atoms with Crippen molar-refractivity contribution in [1.29, 1.82) is 0 Å². The zero-order valence-corrected chi connectivity index (χ0v) is 76.9. The van der Waals surface area contributed by atoms with Crippen molar-refractivity contribution in [2.45, 2.75) is 229 Å². The molecule has 14 heterocycles. The molecule has 0 unspecified atom stereocenters. The van der Waals surface area contributed by atoms with Gasteiger partial charge in [-0.05, 0) is 96.8 Å². The van der Waals surface area contributed by atoms with E-state index < -0.39 is 35.6 Å². The number of nitrogens with zero attached hydrogens (tertiary/aromatic N) is 16. The molecule has 0 saturated carbocycles.